The Balaban J connectivity index is 1.72. The number of para-hydroxylation sites is 1. The molecule has 0 aliphatic heterocycles. The highest BCUT2D eigenvalue weighted by molar-refractivity contribution is 6.08. The van der Waals surface area contributed by atoms with Crippen molar-refractivity contribution in [1.82, 2.24) is 9.55 Å². The Bertz CT molecular complexity index is 1240. The molecular weight excluding hydrogens is 352 g/mol. The van der Waals surface area contributed by atoms with Gasteiger partial charge in [0.25, 0.3) is 11.7 Å². The summed E-state index contributed by atoms with van der Waals surface area (Å²) in [4.78, 5) is 31.3. The van der Waals surface area contributed by atoms with Crippen molar-refractivity contribution in [3.05, 3.63) is 95.6 Å². The van der Waals surface area contributed by atoms with Crippen LogP contribution >= 0.6 is 0 Å². The van der Waals surface area contributed by atoms with Gasteiger partial charge in [-0.25, -0.2) is 0 Å². The number of anilines is 1. The fourth-order valence-electron chi connectivity index (χ4n) is 3.05. The average molecular weight is 366 g/mol. The zero-order valence-corrected chi connectivity index (χ0v) is 14.7. The molecule has 0 bridgehead atoms. The van der Waals surface area contributed by atoms with Crippen molar-refractivity contribution in [3.63, 3.8) is 0 Å². The van der Waals surface area contributed by atoms with E-state index in [1.54, 1.807) is 24.4 Å². The van der Waals surface area contributed by atoms with E-state index in [0.29, 0.717) is 22.2 Å². The van der Waals surface area contributed by atoms with Crippen LogP contribution in [0.25, 0.3) is 21.4 Å². The van der Waals surface area contributed by atoms with E-state index in [1.807, 2.05) is 41.0 Å². The van der Waals surface area contributed by atoms with E-state index in [-0.39, 0.29) is 11.7 Å². The molecule has 0 saturated carbocycles. The van der Waals surface area contributed by atoms with Crippen molar-refractivity contribution >= 4 is 34.6 Å². The van der Waals surface area contributed by atoms with Crippen LogP contribution in [-0.4, -0.2) is 21.7 Å². The number of aldehydes is 1. The van der Waals surface area contributed by atoms with Gasteiger partial charge in [-0.05, 0) is 36.4 Å². The van der Waals surface area contributed by atoms with Crippen molar-refractivity contribution in [1.29, 1.82) is 0 Å². The Labute approximate surface area is 160 Å². The second-order valence-corrected chi connectivity index (χ2v) is 6.11. The maximum atomic E-state index is 12.6. The van der Waals surface area contributed by atoms with Gasteiger partial charge >= 0.3 is 0 Å². The Kier molecular flexibility index (Phi) is 4.40. The largest absolute Gasteiger partial charge is 0.361 e. The van der Waals surface area contributed by atoms with Gasteiger partial charge in [0.1, 0.15) is 6.20 Å². The number of carbonyl (C=O) groups is 2. The summed E-state index contributed by atoms with van der Waals surface area (Å²) in [5.74, 6) is -0.121. The molecule has 6 heteroatoms. The minimum absolute atomic E-state index is 0.205. The van der Waals surface area contributed by atoms with E-state index >= 15 is 0 Å². The highest BCUT2D eigenvalue weighted by atomic mass is 16.1. The summed E-state index contributed by atoms with van der Waals surface area (Å²) >= 11 is 0. The van der Waals surface area contributed by atoms with Gasteiger partial charge in [0.05, 0.1) is 5.52 Å². The quantitative estimate of drug-likeness (QED) is 0.422. The van der Waals surface area contributed by atoms with Crippen molar-refractivity contribution in [3.8, 4) is 5.69 Å². The molecule has 0 aliphatic rings. The third-order valence-electron chi connectivity index (χ3n) is 4.38. The lowest BCUT2D eigenvalue weighted by atomic mass is 10.1. The summed E-state index contributed by atoms with van der Waals surface area (Å²) in [6, 6.07) is 18.0. The standard InChI is InChI=1S/C22H14N4O2/c1-23-21-12-17(9-10-24-21)25-22(28)15-7-8-20-19(11-15)16(14-27)13-26(20)18-5-3-2-4-6-18/h2-14H,(H,24,25,28). The SMILES string of the molecule is [C-]#[N+]c1cc(NC(=O)c2ccc3c(c2)c(C=O)cn3-c2ccccc2)ccn1. The van der Waals surface area contributed by atoms with Gasteiger partial charge in [-0.3, -0.25) is 9.59 Å². The predicted molar refractivity (Wildman–Crippen MR) is 107 cm³/mol. The predicted octanol–water partition coefficient (Wildman–Crippen LogP) is 4.64. The van der Waals surface area contributed by atoms with Crippen LogP contribution in [0.3, 0.4) is 0 Å². The van der Waals surface area contributed by atoms with E-state index in [1.165, 1.54) is 12.3 Å². The van der Waals surface area contributed by atoms with Crippen molar-refractivity contribution < 1.29 is 9.59 Å². The molecule has 0 spiro atoms. The molecule has 0 saturated heterocycles. The number of carbonyl (C=O) groups excluding carboxylic acids is 2. The summed E-state index contributed by atoms with van der Waals surface area (Å²) < 4.78 is 1.92. The third-order valence-corrected chi connectivity index (χ3v) is 4.38. The molecule has 2 aromatic carbocycles. The van der Waals surface area contributed by atoms with E-state index in [9.17, 15) is 9.59 Å². The van der Waals surface area contributed by atoms with Crippen LogP contribution in [0.2, 0.25) is 0 Å². The fraction of sp³-hybridized carbons (Fsp3) is 0. The molecule has 2 aromatic heterocycles. The molecule has 6 nitrogen and oxygen atoms in total. The highest BCUT2D eigenvalue weighted by Gasteiger charge is 2.13. The second kappa shape index (κ2) is 7.17. The van der Waals surface area contributed by atoms with E-state index in [0.717, 1.165) is 17.5 Å². The summed E-state index contributed by atoms with van der Waals surface area (Å²) in [6.07, 6.45) is 4.02. The Morgan fingerprint density at radius 3 is 2.68 bits per heavy atom. The van der Waals surface area contributed by atoms with Crippen molar-refractivity contribution in [2.75, 3.05) is 5.32 Å². The molecule has 0 fully saturated rings. The first kappa shape index (κ1) is 17.2. The first-order valence-corrected chi connectivity index (χ1v) is 8.50. The number of hydrogen-bond acceptors (Lipinski definition) is 3. The van der Waals surface area contributed by atoms with Crippen molar-refractivity contribution in [2.45, 2.75) is 0 Å². The normalized spacial score (nSPS) is 10.4. The van der Waals surface area contributed by atoms with E-state index in [2.05, 4.69) is 15.1 Å². The first-order chi connectivity index (χ1) is 13.7. The zero-order valence-electron chi connectivity index (χ0n) is 14.7. The Morgan fingerprint density at radius 1 is 1.11 bits per heavy atom. The molecule has 4 aromatic rings. The lowest BCUT2D eigenvalue weighted by Crippen LogP contribution is -2.11. The smallest absolute Gasteiger partial charge is 0.271 e. The molecule has 0 atom stereocenters. The molecular formula is C22H14N4O2. The van der Waals surface area contributed by atoms with Gasteiger partial charge in [0, 0.05) is 40.2 Å². The number of pyridine rings is 1. The molecule has 4 rings (SSSR count). The van der Waals surface area contributed by atoms with Gasteiger partial charge in [-0.2, -0.15) is 0 Å². The molecule has 0 aliphatic carbocycles. The van der Waals surface area contributed by atoms with Crippen LogP contribution in [0.15, 0.2) is 73.1 Å². The molecule has 2 heterocycles. The minimum Gasteiger partial charge on any atom is -0.361 e. The Hall–Kier alpha value is -4.24. The fourth-order valence-corrected chi connectivity index (χ4v) is 3.05. The monoisotopic (exact) mass is 366 g/mol. The van der Waals surface area contributed by atoms with Crippen LogP contribution in [0.1, 0.15) is 20.7 Å². The van der Waals surface area contributed by atoms with Gasteiger partial charge in [-0.1, -0.05) is 24.8 Å². The first-order valence-electron chi connectivity index (χ1n) is 8.50. The number of nitrogens with one attached hydrogen (secondary N) is 1. The summed E-state index contributed by atoms with van der Waals surface area (Å²) in [5, 5.41) is 3.45. The maximum absolute atomic E-state index is 12.6. The average Bonchev–Trinajstić information content (AvgIpc) is 3.12. The van der Waals surface area contributed by atoms with Crippen molar-refractivity contribution in [2.24, 2.45) is 0 Å². The minimum atomic E-state index is -0.326. The van der Waals surface area contributed by atoms with Crippen LogP contribution in [0.5, 0.6) is 0 Å². The summed E-state index contributed by atoms with van der Waals surface area (Å²) in [6.45, 7) is 7.01. The topological polar surface area (TPSA) is 68.3 Å². The van der Waals surface area contributed by atoms with Gasteiger partial charge in [0.15, 0.2) is 6.29 Å². The molecule has 0 unspecified atom stereocenters. The number of rotatable bonds is 4. The van der Waals surface area contributed by atoms with E-state index < -0.39 is 0 Å². The van der Waals surface area contributed by atoms with Crippen LogP contribution in [0, 0.1) is 6.57 Å². The molecule has 134 valence electrons. The van der Waals surface area contributed by atoms with E-state index in [4.69, 9.17) is 6.57 Å². The summed E-state index contributed by atoms with van der Waals surface area (Å²) in [5.41, 5.74) is 3.18. The highest BCUT2D eigenvalue weighted by Crippen LogP contribution is 2.26. The second-order valence-electron chi connectivity index (χ2n) is 6.11. The van der Waals surface area contributed by atoms with Gasteiger partial charge in [0.2, 0.25) is 0 Å². The number of nitrogens with zero attached hydrogens (tertiary/aromatic N) is 3. The van der Waals surface area contributed by atoms with Crippen LogP contribution in [-0.2, 0) is 0 Å². The lowest BCUT2D eigenvalue weighted by molar-refractivity contribution is 0.102. The number of benzene rings is 2. The third kappa shape index (κ3) is 3.13. The maximum Gasteiger partial charge on any atom is 0.271 e. The van der Waals surface area contributed by atoms with Gasteiger partial charge in [-0.15, -0.1) is 4.98 Å². The number of aromatic nitrogens is 2. The number of hydrogen-bond donors (Lipinski definition) is 1. The van der Waals surface area contributed by atoms with Crippen LogP contribution in [0.4, 0.5) is 11.5 Å². The molecule has 28 heavy (non-hydrogen) atoms. The number of fused-ring (bicyclic) bond motifs is 1. The lowest BCUT2D eigenvalue weighted by Gasteiger charge is -2.07. The van der Waals surface area contributed by atoms with Crippen LogP contribution < -0.4 is 5.32 Å². The molecule has 1 N–H and O–H groups in total. The van der Waals surface area contributed by atoms with Gasteiger partial charge < -0.3 is 14.7 Å². The molecule has 1 amide bonds. The zero-order chi connectivity index (χ0) is 19.5. The summed E-state index contributed by atoms with van der Waals surface area (Å²) in [7, 11) is 0. The Morgan fingerprint density at radius 2 is 1.93 bits per heavy atom. The molecule has 0 radical (unpaired) electrons. The number of amides is 1.